The second-order valence-electron chi connectivity index (χ2n) is 7.46. The summed E-state index contributed by atoms with van der Waals surface area (Å²) in [7, 11) is 0. The van der Waals surface area contributed by atoms with Gasteiger partial charge in [0.25, 0.3) is 5.91 Å². The Morgan fingerprint density at radius 1 is 1.28 bits per heavy atom. The normalized spacial score (nSPS) is 15.5. The van der Waals surface area contributed by atoms with Crippen molar-refractivity contribution in [3.63, 3.8) is 0 Å². The van der Waals surface area contributed by atoms with E-state index in [1.54, 1.807) is 19.3 Å². The van der Waals surface area contributed by atoms with Gasteiger partial charge in [-0.05, 0) is 67.5 Å². The number of pyridine rings is 2. The van der Waals surface area contributed by atoms with E-state index in [0.717, 1.165) is 33.0 Å². The van der Waals surface area contributed by atoms with Crippen molar-refractivity contribution in [3.8, 4) is 17.2 Å². The van der Waals surface area contributed by atoms with Crippen LogP contribution in [0.4, 0.5) is 11.5 Å². The maximum absolute atomic E-state index is 12.6. The number of aromatic nitrogens is 2. The van der Waals surface area contributed by atoms with Crippen LogP contribution in [-0.2, 0) is 4.79 Å². The summed E-state index contributed by atoms with van der Waals surface area (Å²) in [5.41, 5.74) is 11.7. The molecule has 29 heavy (non-hydrogen) atoms. The molecule has 1 aliphatic carbocycles. The van der Waals surface area contributed by atoms with Crippen LogP contribution in [0, 0.1) is 24.2 Å². The Labute approximate surface area is 169 Å². The van der Waals surface area contributed by atoms with Crippen molar-refractivity contribution in [1.29, 1.82) is 5.26 Å². The molecule has 0 radical (unpaired) electrons. The Balaban J connectivity index is 1.65. The summed E-state index contributed by atoms with van der Waals surface area (Å²) >= 11 is 0. The second kappa shape index (κ2) is 7.36. The number of fused-ring (bicyclic) bond motifs is 1. The van der Waals surface area contributed by atoms with E-state index in [9.17, 15) is 4.79 Å². The molecule has 1 fully saturated rings. The first-order valence-electron chi connectivity index (χ1n) is 9.46. The van der Waals surface area contributed by atoms with Crippen molar-refractivity contribution in [2.75, 3.05) is 11.1 Å². The molecule has 1 aliphatic rings. The number of rotatable bonds is 3. The molecule has 2 heterocycles. The van der Waals surface area contributed by atoms with Gasteiger partial charge >= 0.3 is 0 Å². The van der Waals surface area contributed by atoms with E-state index in [2.05, 4.69) is 21.4 Å². The first-order chi connectivity index (χ1) is 14.0. The average molecular weight is 383 g/mol. The lowest BCUT2D eigenvalue weighted by molar-refractivity contribution is -0.112. The van der Waals surface area contributed by atoms with Crippen molar-refractivity contribution < 1.29 is 4.79 Å². The zero-order chi connectivity index (χ0) is 20.5. The van der Waals surface area contributed by atoms with Gasteiger partial charge in [-0.1, -0.05) is 5.57 Å². The number of nitriles is 1. The molecule has 4 rings (SSSR count). The Morgan fingerprint density at radius 3 is 2.79 bits per heavy atom. The lowest BCUT2D eigenvalue weighted by Gasteiger charge is -2.25. The Hall–Kier alpha value is -3.72. The zero-order valence-corrected chi connectivity index (χ0v) is 16.4. The number of carbonyl (C=O) groups excluding carboxylic acids is 1. The quantitative estimate of drug-likeness (QED) is 0.516. The van der Waals surface area contributed by atoms with Gasteiger partial charge in [-0.3, -0.25) is 9.78 Å². The van der Waals surface area contributed by atoms with Crippen molar-refractivity contribution in [1.82, 2.24) is 9.97 Å². The van der Waals surface area contributed by atoms with Crippen LogP contribution in [-0.4, -0.2) is 15.9 Å². The number of hydrogen-bond acceptors (Lipinski definition) is 5. The van der Waals surface area contributed by atoms with E-state index in [0.29, 0.717) is 29.9 Å². The molecule has 1 aromatic carbocycles. The standard InChI is InChI=1S/C23H21N5O/c1-13-3-4-26-11-19(13)17-7-18-9-22(27-12-20(18)21(25)8-17)28-23(29)14(2)16-5-15(6-16)10-24/h3-4,7-9,11-12,15H,5-6,25H2,1-2H3,(H,27,28,29). The molecule has 1 amide bonds. The second-order valence-corrected chi connectivity index (χ2v) is 7.46. The molecular weight excluding hydrogens is 362 g/mol. The molecule has 0 atom stereocenters. The third kappa shape index (κ3) is 3.55. The van der Waals surface area contributed by atoms with E-state index in [-0.39, 0.29) is 11.8 Å². The number of anilines is 2. The molecule has 0 saturated heterocycles. The van der Waals surface area contributed by atoms with E-state index < -0.39 is 0 Å². The number of aryl methyl sites for hydroxylation is 1. The van der Waals surface area contributed by atoms with Crippen LogP contribution in [0.15, 0.2) is 54.0 Å². The topological polar surface area (TPSA) is 105 Å². The molecule has 3 aromatic rings. The Kier molecular flexibility index (Phi) is 4.73. The molecule has 3 N–H and O–H groups in total. The number of amides is 1. The maximum atomic E-state index is 12.6. The molecule has 6 nitrogen and oxygen atoms in total. The highest BCUT2D eigenvalue weighted by Gasteiger charge is 2.26. The van der Waals surface area contributed by atoms with Gasteiger partial charge in [0, 0.05) is 40.8 Å². The van der Waals surface area contributed by atoms with Gasteiger partial charge in [-0.25, -0.2) is 4.98 Å². The van der Waals surface area contributed by atoms with Crippen LogP contribution in [0.5, 0.6) is 0 Å². The highest BCUT2D eigenvalue weighted by molar-refractivity contribution is 6.05. The maximum Gasteiger partial charge on any atom is 0.252 e. The smallest absolute Gasteiger partial charge is 0.252 e. The predicted octanol–water partition coefficient (Wildman–Crippen LogP) is 4.38. The largest absolute Gasteiger partial charge is 0.398 e. The Morgan fingerprint density at radius 2 is 2.07 bits per heavy atom. The number of hydrogen-bond donors (Lipinski definition) is 2. The summed E-state index contributed by atoms with van der Waals surface area (Å²) < 4.78 is 0. The number of nitrogens with two attached hydrogens (primary N) is 1. The van der Waals surface area contributed by atoms with Gasteiger partial charge in [0.1, 0.15) is 5.82 Å². The highest BCUT2D eigenvalue weighted by atomic mass is 16.1. The summed E-state index contributed by atoms with van der Waals surface area (Å²) in [6.45, 7) is 3.82. The SMILES string of the molecule is CC(C(=O)Nc1cc2cc(-c3cnccc3C)cc(N)c2cn1)=C1CC(C#N)C1. The third-order valence-electron chi connectivity index (χ3n) is 5.50. The number of nitrogen functional groups attached to an aromatic ring is 1. The predicted molar refractivity (Wildman–Crippen MR) is 114 cm³/mol. The van der Waals surface area contributed by atoms with Gasteiger partial charge in [-0.15, -0.1) is 0 Å². The Bertz CT molecular complexity index is 1200. The molecular formula is C23H21N5O. The van der Waals surface area contributed by atoms with E-state index in [4.69, 9.17) is 11.0 Å². The number of benzene rings is 1. The minimum Gasteiger partial charge on any atom is -0.398 e. The molecule has 2 aromatic heterocycles. The van der Waals surface area contributed by atoms with Crippen LogP contribution in [0.3, 0.4) is 0 Å². The van der Waals surface area contributed by atoms with Crippen molar-refractivity contribution in [2.45, 2.75) is 26.7 Å². The third-order valence-corrected chi connectivity index (χ3v) is 5.50. The van der Waals surface area contributed by atoms with Crippen LogP contribution < -0.4 is 11.1 Å². The van der Waals surface area contributed by atoms with Gasteiger partial charge in [0.2, 0.25) is 0 Å². The molecule has 0 aliphatic heterocycles. The summed E-state index contributed by atoms with van der Waals surface area (Å²) in [5.74, 6) is 0.317. The number of allylic oxidation sites excluding steroid dienone is 1. The lowest BCUT2D eigenvalue weighted by atomic mass is 9.78. The van der Waals surface area contributed by atoms with Crippen molar-refractivity contribution >= 4 is 28.2 Å². The first kappa shape index (κ1) is 18.6. The molecule has 144 valence electrons. The molecule has 0 bridgehead atoms. The number of nitrogens with one attached hydrogen (secondary N) is 1. The van der Waals surface area contributed by atoms with Crippen LogP contribution in [0.25, 0.3) is 21.9 Å². The van der Waals surface area contributed by atoms with Gasteiger partial charge in [-0.2, -0.15) is 5.26 Å². The van der Waals surface area contributed by atoms with Gasteiger partial charge in [0.05, 0.1) is 12.0 Å². The van der Waals surface area contributed by atoms with E-state index >= 15 is 0 Å². The lowest BCUT2D eigenvalue weighted by Crippen LogP contribution is -2.21. The van der Waals surface area contributed by atoms with Gasteiger partial charge in [0.15, 0.2) is 0 Å². The monoisotopic (exact) mass is 383 g/mol. The number of carbonyl (C=O) groups is 1. The fourth-order valence-corrected chi connectivity index (χ4v) is 3.58. The average Bonchev–Trinajstić information content (AvgIpc) is 2.67. The molecule has 1 saturated carbocycles. The summed E-state index contributed by atoms with van der Waals surface area (Å²) in [5, 5.41) is 13.5. The first-order valence-corrected chi connectivity index (χ1v) is 9.46. The van der Waals surface area contributed by atoms with Crippen LogP contribution in [0.1, 0.15) is 25.3 Å². The number of nitrogens with zero attached hydrogens (tertiary/aromatic N) is 3. The highest BCUT2D eigenvalue weighted by Crippen LogP contribution is 2.35. The van der Waals surface area contributed by atoms with Crippen molar-refractivity contribution in [3.05, 3.63) is 59.6 Å². The summed E-state index contributed by atoms with van der Waals surface area (Å²) in [4.78, 5) is 21.1. The summed E-state index contributed by atoms with van der Waals surface area (Å²) in [6, 6.07) is 9.97. The van der Waals surface area contributed by atoms with Crippen LogP contribution in [0.2, 0.25) is 0 Å². The fraction of sp³-hybridized carbons (Fsp3) is 0.217. The van der Waals surface area contributed by atoms with Crippen LogP contribution >= 0.6 is 0 Å². The van der Waals surface area contributed by atoms with E-state index in [1.165, 1.54) is 0 Å². The van der Waals surface area contributed by atoms with Crippen molar-refractivity contribution in [2.24, 2.45) is 5.92 Å². The zero-order valence-electron chi connectivity index (χ0n) is 16.4. The minimum atomic E-state index is -0.185. The fourth-order valence-electron chi connectivity index (χ4n) is 3.58. The minimum absolute atomic E-state index is 0.0314. The molecule has 0 spiro atoms. The van der Waals surface area contributed by atoms with Gasteiger partial charge < -0.3 is 11.1 Å². The molecule has 0 unspecified atom stereocenters. The van der Waals surface area contributed by atoms with E-state index in [1.807, 2.05) is 37.4 Å². The summed E-state index contributed by atoms with van der Waals surface area (Å²) in [6.07, 6.45) is 6.61. The molecule has 6 heteroatoms.